The third-order valence-corrected chi connectivity index (χ3v) is 5.75. The number of hydrogen-bond donors (Lipinski definition) is 0. The number of aromatic nitrogens is 2. The molecule has 0 aliphatic heterocycles. The molecule has 0 unspecified atom stereocenters. The summed E-state index contributed by atoms with van der Waals surface area (Å²) in [4.78, 5) is 33.0. The van der Waals surface area contributed by atoms with Gasteiger partial charge in [0.05, 0.1) is 16.6 Å². The topological polar surface area (TPSA) is 68.3 Å². The first-order valence-corrected chi connectivity index (χ1v) is 9.61. The van der Waals surface area contributed by atoms with Gasteiger partial charge >= 0.3 is 0 Å². The second-order valence-electron chi connectivity index (χ2n) is 6.22. The molecule has 0 bridgehead atoms. The van der Waals surface area contributed by atoms with Crippen molar-refractivity contribution >= 4 is 27.5 Å². The molecule has 3 heterocycles. The molecule has 0 spiro atoms. The number of rotatable bonds is 6. The molecule has 0 N–H and O–H groups in total. The molecule has 0 saturated carbocycles. The Morgan fingerprint density at radius 3 is 2.62 bits per heavy atom. The number of carbonyl (C=O) groups excluding carboxylic acids is 1. The zero-order valence-electron chi connectivity index (χ0n) is 15.5. The van der Waals surface area contributed by atoms with E-state index in [1.165, 1.54) is 11.3 Å². The Balaban J connectivity index is 1.94. The minimum atomic E-state index is -0.106. The van der Waals surface area contributed by atoms with Crippen LogP contribution in [-0.4, -0.2) is 33.4 Å². The van der Waals surface area contributed by atoms with Crippen molar-refractivity contribution in [3.05, 3.63) is 50.8 Å². The smallest absolute Gasteiger partial charge is 0.264 e. The van der Waals surface area contributed by atoms with E-state index in [1.807, 2.05) is 39.8 Å². The van der Waals surface area contributed by atoms with Gasteiger partial charge in [-0.15, -0.1) is 11.3 Å². The Bertz CT molecular complexity index is 995. The summed E-state index contributed by atoms with van der Waals surface area (Å²) in [6.45, 7) is 9.40. The van der Waals surface area contributed by atoms with Gasteiger partial charge in [-0.25, -0.2) is 4.98 Å². The number of aryl methyl sites for hydroxylation is 4. The van der Waals surface area contributed by atoms with E-state index in [0.29, 0.717) is 41.1 Å². The second-order valence-corrected chi connectivity index (χ2v) is 7.22. The summed E-state index contributed by atoms with van der Waals surface area (Å²) < 4.78 is 7.15. The Kier molecular flexibility index (Phi) is 5.27. The van der Waals surface area contributed by atoms with E-state index in [1.54, 1.807) is 15.8 Å². The van der Waals surface area contributed by atoms with Crippen molar-refractivity contribution < 1.29 is 9.21 Å². The van der Waals surface area contributed by atoms with Crippen LogP contribution >= 0.6 is 11.3 Å². The van der Waals surface area contributed by atoms with Gasteiger partial charge < -0.3 is 9.32 Å². The van der Waals surface area contributed by atoms with Crippen molar-refractivity contribution in [2.75, 3.05) is 13.1 Å². The van der Waals surface area contributed by atoms with Crippen molar-refractivity contribution in [1.82, 2.24) is 14.5 Å². The normalized spacial score (nSPS) is 11.2. The summed E-state index contributed by atoms with van der Waals surface area (Å²) in [5.74, 6) is 1.66. The lowest BCUT2D eigenvalue weighted by molar-refractivity contribution is 0.0777. The number of nitrogens with zero attached hydrogens (tertiary/aromatic N) is 3. The lowest BCUT2D eigenvalue weighted by Gasteiger charge is -2.17. The number of carbonyl (C=O) groups is 1. The van der Waals surface area contributed by atoms with Gasteiger partial charge in [0, 0.05) is 26.1 Å². The van der Waals surface area contributed by atoms with Gasteiger partial charge in [0.25, 0.3) is 11.5 Å². The minimum Gasteiger partial charge on any atom is -0.466 e. The van der Waals surface area contributed by atoms with Crippen LogP contribution in [0.5, 0.6) is 0 Å². The molecule has 0 aromatic carbocycles. The van der Waals surface area contributed by atoms with Crippen LogP contribution in [-0.2, 0) is 13.0 Å². The predicted octanol–water partition coefficient (Wildman–Crippen LogP) is 3.39. The molecule has 0 aliphatic rings. The zero-order chi connectivity index (χ0) is 18.8. The molecule has 3 rings (SSSR count). The molecule has 0 fully saturated rings. The van der Waals surface area contributed by atoms with E-state index in [0.717, 1.165) is 17.1 Å². The van der Waals surface area contributed by atoms with Crippen LogP contribution in [0.1, 0.15) is 40.6 Å². The molecule has 0 radical (unpaired) electrons. The average molecular weight is 373 g/mol. The van der Waals surface area contributed by atoms with Crippen LogP contribution in [0.25, 0.3) is 10.2 Å². The van der Waals surface area contributed by atoms with E-state index >= 15 is 0 Å². The number of furan rings is 1. The molecule has 0 atom stereocenters. The van der Waals surface area contributed by atoms with E-state index in [9.17, 15) is 9.59 Å². The van der Waals surface area contributed by atoms with E-state index in [2.05, 4.69) is 4.98 Å². The van der Waals surface area contributed by atoms with E-state index < -0.39 is 0 Å². The molecule has 1 amide bonds. The molecule has 0 aliphatic carbocycles. The van der Waals surface area contributed by atoms with Crippen LogP contribution in [0.15, 0.2) is 27.7 Å². The molecular weight excluding hydrogens is 350 g/mol. The SMILES string of the molecule is CCN(CC)C(=O)c1sc2ncn(CCc3ccc(C)o3)c(=O)c2c1C. The first-order chi connectivity index (χ1) is 12.5. The molecule has 0 saturated heterocycles. The van der Waals surface area contributed by atoms with Gasteiger partial charge in [0.2, 0.25) is 0 Å². The second kappa shape index (κ2) is 7.45. The van der Waals surface area contributed by atoms with Gasteiger partial charge in [0.1, 0.15) is 16.4 Å². The summed E-state index contributed by atoms with van der Waals surface area (Å²) >= 11 is 1.30. The summed E-state index contributed by atoms with van der Waals surface area (Å²) in [6, 6.07) is 3.83. The lowest BCUT2D eigenvalue weighted by atomic mass is 10.2. The minimum absolute atomic E-state index is 0.0347. The molecular formula is C19H23N3O3S. The first kappa shape index (κ1) is 18.4. The third-order valence-electron chi connectivity index (χ3n) is 4.56. The lowest BCUT2D eigenvalue weighted by Crippen LogP contribution is -2.30. The fourth-order valence-corrected chi connectivity index (χ4v) is 4.13. The van der Waals surface area contributed by atoms with Crippen LogP contribution in [0.4, 0.5) is 0 Å². The molecule has 6 nitrogen and oxygen atoms in total. The van der Waals surface area contributed by atoms with E-state index in [4.69, 9.17) is 4.42 Å². The van der Waals surface area contributed by atoms with Crippen molar-refractivity contribution in [2.45, 2.75) is 40.7 Å². The number of hydrogen-bond acceptors (Lipinski definition) is 5. The highest BCUT2D eigenvalue weighted by atomic mass is 32.1. The summed E-state index contributed by atoms with van der Waals surface area (Å²) in [5, 5.41) is 0.545. The van der Waals surface area contributed by atoms with Gasteiger partial charge in [0.15, 0.2) is 0 Å². The number of fused-ring (bicyclic) bond motifs is 1. The Morgan fingerprint density at radius 1 is 1.27 bits per heavy atom. The van der Waals surface area contributed by atoms with Crippen molar-refractivity contribution in [3.63, 3.8) is 0 Å². The summed E-state index contributed by atoms with van der Waals surface area (Å²) in [7, 11) is 0. The van der Waals surface area contributed by atoms with Gasteiger partial charge in [-0.1, -0.05) is 0 Å². The molecule has 7 heteroatoms. The Hall–Kier alpha value is -2.41. The number of amides is 1. The van der Waals surface area contributed by atoms with Crippen LogP contribution in [0.2, 0.25) is 0 Å². The molecule has 26 heavy (non-hydrogen) atoms. The average Bonchev–Trinajstić information content (AvgIpc) is 3.19. The Labute approximate surface area is 156 Å². The third kappa shape index (κ3) is 3.31. The Morgan fingerprint density at radius 2 is 2.00 bits per heavy atom. The molecule has 3 aromatic rings. The van der Waals surface area contributed by atoms with Gasteiger partial charge in [-0.3, -0.25) is 14.2 Å². The van der Waals surface area contributed by atoms with Gasteiger partial charge in [-0.05, 0) is 45.4 Å². The van der Waals surface area contributed by atoms with Crippen molar-refractivity contribution in [3.8, 4) is 0 Å². The molecule has 138 valence electrons. The fraction of sp³-hybridized carbons (Fsp3) is 0.421. The largest absolute Gasteiger partial charge is 0.466 e. The highest BCUT2D eigenvalue weighted by Crippen LogP contribution is 2.28. The highest BCUT2D eigenvalue weighted by molar-refractivity contribution is 7.20. The van der Waals surface area contributed by atoms with Crippen LogP contribution < -0.4 is 5.56 Å². The fourth-order valence-electron chi connectivity index (χ4n) is 3.03. The highest BCUT2D eigenvalue weighted by Gasteiger charge is 2.22. The quantitative estimate of drug-likeness (QED) is 0.664. The summed E-state index contributed by atoms with van der Waals surface area (Å²) in [5.41, 5.74) is 0.619. The standard InChI is InChI=1S/C19H23N3O3S/c1-5-21(6-2)19(24)16-13(4)15-17(26-16)20-11-22(18(15)23)10-9-14-8-7-12(3)25-14/h7-8,11H,5-6,9-10H2,1-4H3. The predicted molar refractivity (Wildman–Crippen MR) is 103 cm³/mol. The van der Waals surface area contributed by atoms with Gasteiger partial charge in [-0.2, -0.15) is 0 Å². The van der Waals surface area contributed by atoms with Crippen molar-refractivity contribution in [1.29, 1.82) is 0 Å². The first-order valence-electron chi connectivity index (χ1n) is 8.79. The molecule has 3 aromatic heterocycles. The van der Waals surface area contributed by atoms with Crippen molar-refractivity contribution in [2.24, 2.45) is 0 Å². The van der Waals surface area contributed by atoms with Crippen LogP contribution in [0.3, 0.4) is 0 Å². The monoisotopic (exact) mass is 373 g/mol. The maximum absolute atomic E-state index is 12.9. The number of thiophene rings is 1. The zero-order valence-corrected chi connectivity index (χ0v) is 16.4. The van der Waals surface area contributed by atoms with E-state index in [-0.39, 0.29) is 11.5 Å². The van der Waals surface area contributed by atoms with Crippen LogP contribution in [0, 0.1) is 13.8 Å². The maximum Gasteiger partial charge on any atom is 0.264 e. The summed E-state index contributed by atoms with van der Waals surface area (Å²) in [6.07, 6.45) is 2.18. The maximum atomic E-state index is 12.9.